The lowest BCUT2D eigenvalue weighted by Gasteiger charge is -2.34. The van der Waals surface area contributed by atoms with E-state index in [-0.39, 0.29) is 36.0 Å². The van der Waals surface area contributed by atoms with Crippen molar-refractivity contribution in [3.05, 3.63) is 40.4 Å². The summed E-state index contributed by atoms with van der Waals surface area (Å²) in [5, 5.41) is 0.463. The Morgan fingerprint density at radius 2 is 1.76 bits per heavy atom. The van der Waals surface area contributed by atoms with E-state index in [1.54, 1.807) is 41.0 Å². The number of fused-ring (bicyclic) bond motifs is 1. The topological polar surface area (TPSA) is 113 Å². The number of benzene rings is 1. The fraction of sp³-hybridized carbons (Fsp3) is 0.450. The maximum Gasteiger partial charge on any atom is 0.307 e. The van der Waals surface area contributed by atoms with Crippen molar-refractivity contribution in [1.82, 2.24) is 19.8 Å². The molecule has 1 atom stereocenters. The average Bonchev–Trinajstić information content (AvgIpc) is 2.72. The van der Waals surface area contributed by atoms with Gasteiger partial charge in [0.05, 0.1) is 17.3 Å². The van der Waals surface area contributed by atoms with Gasteiger partial charge in [-0.1, -0.05) is 12.1 Å². The number of H-pyrrole nitrogens is 1. The molecule has 1 aromatic carbocycles. The van der Waals surface area contributed by atoms with Gasteiger partial charge in [0.15, 0.2) is 11.9 Å². The Hall–Kier alpha value is -3.23. The van der Waals surface area contributed by atoms with Crippen LogP contribution in [0.15, 0.2) is 29.1 Å². The van der Waals surface area contributed by atoms with Crippen molar-refractivity contribution in [2.75, 3.05) is 26.2 Å². The van der Waals surface area contributed by atoms with Gasteiger partial charge in [-0.05, 0) is 19.1 Å². The zero-order chi connectivity index (χ0) is 21.0. The maximum absolute atomic E-state index is 12.3. The van der Waals surface area contributed by atoms with Gasteiger partial charge in [-0.2, -0.15) is 0 Å². The van der Waals surface area contributed by atoms with Crippen LogP contribution in [0.3, 0.4) is 0 Å². The fourth-order valence-electron chi connectivity index (χ4n) is 3.25. The molecule has 9 nitrogen and oxygen atoms in total. The van der Waals surface area contributed by atoms with Gasteiger partial charge in [0.25, 0.3) is 5.56 Å². The summed E-state index contributed by atoms with van der Waals surface area (Å²) in [6, 6.07) is 6.91. The van der Waals surface area contributed by atoms with Crippen molar-refractivity contribution in [3.8, 4) is 0 Å². The van der Waals surface area contributed by atoms with E-state index in [1.165, 1.54) is 6.92 Å². The molecule has 1 saturated heterocycles. The molecule has 0 saturated carbocycles. The van der Waals surface area contributed by atoms with Crippen LogP contribution < -0.4 is 5.56 Å². The van der Waals surface area contributed by atoms with Gasteiger partial charge < -0.3 is 19.5 Å². The van der Waals surface area contributed by atoms with Crippen LogP contribution >= 0.6 is 0 Å². The van der Waals surface area contributed by atoms with Crippen molar-refractivity contribution in [1.29, 1.82) is 0 Å². The van der Waals surface area contributed by atoms with Crippen LogP contribution in [-0.4, -0.2) is 63.7 Å². The summed E-state index contributed by atoms with van der Waals surface area (Å²) in [6.07, 6.45) is -0.768. The predicted octanol–water partition coefficient (Wildman–Crippen LogP) is 0.998. The molecule has 1 aliphatic heterocycles. The van der Waals surface area contributed by atoms with Crippen LogP contribution in [0.5, 0.6) is 0 Å². The Labute approximate surface area is 167 Å². The van der Waals surface area contributed by atoms with Crippen molar-refractivity contribution in [3.63, 3.8) is 0 Å². The molecule has 2 heterocycles. The SMILES string of the molecule is CC(=O)N1CCN(C(=O)CCC(=O)O[C@@H](C)c2nc3ccccc3c(=O)[nH]2)CC1. The number of esters is 1. The highest BCUT2D eigenvalue weighted by Crippen LogP contribution is 2.15. The third kappa shape index (κ3) is 4.98. The second kappa shape index (κ2) is 8.85. The number of rotatable bonds is 5. The van der Waals surface area contributed by atoms with Crippen LogP contribution in [0.1, 0.15) is 38.6 Å². The normalized spacial score (nSPS) is 15.2. The lowest BCUT2D eigenvalue weighted by Crippen LogP contribution is -2.50. The summed E-state index contributed by atoms with van der Waals surface area (Å²) >= 11 is 0. The number of ether oxygens (including phenoxy) is 1. The largest absolute Gasteiger partial charge is 0.454 e. The van der Waals surface area contributed by atoms with E-state index in [0.29, 0.717) is 37.1 Å². The highest BCUT2D eigenvalue weighted by molar-refractivity contribution is 5.82. The van der Waals surface area contributed by atoms with E-state index >= 15 is 0 Å². The molecule has 0 aliphatic carbocycles. The minimum Gasteiger partial charge on any atom is -0.454 e. The van der Waals surface area contributed by atoms with Gasteiger partial charge in [-0.3, -0.25) is 19.2 Å². The molecule has 2 amide bonds. The van der Waals surface area contributed by atoms with Crippen LogP contribution in [-0.2, 0) is 19.1 Å². The molecule has 0 unspecified atom stereocenters. The number of aromatic nitrogens is 2. The number of nitrogens with one attached hydrogen (secondary N) is 1. The Morgan fingerprint density at radius 3 is 2.45 bits per heavy atom. The Balaban J connectivity index is 1.51. The summed E-state index contributed by atoms with van der Waals surface area (Å²) in [6.45, 7) is 5.06. The van der Waals surface area contributed by atoms with E-state index in [4.69, 9.17) is 4.74 Å². The predicted molar refractivity (Wildman–Crippen MR) is 105 cm³/mol. The molecule has 1 aromatic heterocycles. The molecule has 1 aliphatic rings. The Morgan fingerprint density at radius 1 is 1.10 bits per heavy atom. The van der Waals surface area contributed by atoms with E-state index in [1.807, 2.05) is 0 Å². The van der Waals surface area contributed by atoms with Gasteiger partial charge >= 0.3 is 5.97 Å². The number of hydrogen-bond acceptors (Lipinski definition) is 6. The minimum absolute atomic E-state index is 0.00462. The molecule has 0 spiro atoms. The van der Waals surface area contributed by atoms with Gasteiger partial charge in [0, 0.05) is 39.5 Å². The molecule has 0 bridgehead atoms. The number of amides is 2. The Kier molecular flexibility index (Phi) is 6.26. The van der Waals surface area contributed by atoms with Crippen molar-refractivity contribution in [2.24, 2.45) is 0 Å². The zero-order valence-corrected chi connectivity index (χ0v) is 16.5. The first kappa shape index (κ1) is 20.5. The fourth-order valence-corrected chi connectivity index (χ4v) is 3.25. The quantitative estimate of drug-likeness (QED) is 0.749. The summed E-state index contributed by atoms with van der Waals surface area (Å²) in [5.41, 5.74) is 0.224. The maximum atomic E-state index is 12.3. The molecule has 29 heavy (non-hydrogen) atoms. The van der Waals surface area contributed by atoms with Gasteiger partial charge in [0.2, 0.25) is 11.8 Å². The second-order valence-electron chi connectivity index (χ2n) is 6.99. The molecule has 2 aromatic rings. The number of carbonyl (C=O) groups is 3. The van der Waals surface area contributed by atoms with Crippen LogP contribution in [0.2, 0.25) is 0 Å². The highest BCUT2D eigenvalue weighted by Gasteiger charge is 2.23. The van der Waals surface area contributed by atoms with Gasteiger partial charge in [-0.15, -0.1) is 0 Å². The van der Waals surface area contributed by atoms with Crippen molar-refractivity contribution < 1.29 is 19.1 Å². The number of hydrogen-bond donors (Lipinski definition) is 1. The van der Waals surface area contributed by atoms with Gasteiger partial charge in [0.1, 0.15) is 0 Å². The number of piperazine rings is 1. The Bertz CT molecular complexity index is 978. The first-order valence-corrected chi connectivity index (χ1v) is 9.57. The van der Waals surface area contributed by atoms with E-state index in [2.05, 4.69) is 9.97 Å². The first-order valence-electron chi connectivity index (χ1n) is 9.57. The molecule has 9 heteroatoms. The first-order chi connectivity index (χ1) is 13.8. The van der Waals surface area contributed by atoms with E-state index in [0.717, 1.165) is 0 Å². The van der Waals surface area contributed by atoms with E-state index in [9.17, 15) is 19.2 Å². The molecule has 3 rings (SSSR count). The second-order valence-corrected chi connectivity index (χ2v) is 6.99. The molecular weight excluding hydrogens is 376 g/mol. The van der Waals surface area contributed by atoms with Crippen molar-refractivity contribution >= 4 is 28.7 Å². The third-order valence-electron chi connectivity index (χ3n) is 4.95. The monoisotopic (exact) mass is 400 g/mol. The molecule has 154 valence electrons. The highest BCUT2D eigenvalue weighted by atomic mass is 16.5. The number of para-hydroxylation sites is 1. The summed E-state index contributed by atoms with van der Waals surface area (Å²) in [4.78, 5) is 58.2. The number of carbonyl (C=O) groups excluding carboxylic acids is 3. The summed E-state index contributed by atoms with van der Waals surface area (Å²) in [7, 11) is 0. The minimum atomic E-state index is -0.742. The zero-order valence-electron chi connectivity index (χ0n) is 16.5. The number of aromatic amines is 1. The van der Waals surface area contributed by atoms with Crippen molar-refractivity contribution in [2.45, 2.75) is 32.8 Å². The van der Waals surface area contributed by atoms with Crippen LogP contribution in [0.25, 0.3) is 10.9 Å². The smallest absolute Gasteiger partial charge is 0.307 e. The average molecular weight is 400 g/mol. The standard InChI is InChI=1S/C20H24N4O5/c1-13(19-21-16-6-4-3-5-15(16)20(28)22-19)29-18(27)8-7-17(26)24-11-9-23(10-12-24)14(2)25/h3-6,13H,7-12H2,1-2H3,(H,21,22,28)/t13-/m0/s1. The van der Waals surface area contributed by atoms with Gasteiger partial charge in [-0.25, -0.2) is 4.98 Å². The molecular formula is C20H24N4O5. The summed E-state index contributed by atoms with van der Waals surface area (Å²) in [5.74, 6) is -0.428. The van der Waals surface area contributed by atoms with Crippen LogP contribution in [0.4, 0.5) is 0 Å². The number of nitrogens with zero attached hydrogens (tertiary/aromatic N) is 3. The third-order valence-corrected chi connectivity index (χ3v) is 4.95. The molecule has 1 fully saturated rings. The lowest BCUT2D eigenvalue weighted by molar-refractivity contribution is -0.151. The summed E-state index contributed by atoms with van der Waals surface area (Å²) < 4.78 is 5.33. The van der Waals surface area contributed by atoms with E-state index < -0.39 is 12.1 Å². The lowest BCUT2D eigenvalue weighted by atomic mass is 10.2. The van der Waals surface area contributed by atoms with Crippen LogP contribution in [0, 0.1) is 0 Å². The molecule has 1 N–H and O–H groups in total. The molecule has 0 radical (unpaired) electrons.